The summed E-state index contributed by atoms with van der Waals surface area (Å²) in [6.45, 7) is 4.38. The van der Waals surface area contributed by atoms with E-state index >= 15 is 0 Å². The van der Waals surface area contributed by atoms with E-state index in [0.717, 1.165) is 12.3 Å². The number of nitrogens with zero attached hydrogens (tertiary/aromatic N) is 2. The minimum atomic E-state index is -4.03. The third-order valence-electron chi connectivity index (χ3n) is 5.36. The highest BCUT2D eigenvalue weighted by Crippen LogP contribution is 2.27. The van der Waals surface area contributed by atoms with Gasteiger partial charge in [-0.25, -0.2) is 12.8 Å². The molecule has 1 N–H and O–H groups in total. The van der Waals surface area contributed by atoms with Crippen molar-refractivity contribution >= 4 is 50.7 Å². The van der Waals surface area contributed by atoms with Crippen LogP contribution < -0.4 is 9.62 Å². The van der Waals surface area contributed by atoms with E-state index in [-0.39, 0.29) is 28.3 Å². The number of anilines is 1. The van der Waals surface area contributed by atoms with E-state index in [4.69, 9.17) is 23.2 Å². The van der Waals surface area contributed by atoms with Crippen LogP contribution in [0.1, 0.15) is 32.8 Å². The van der Waals surface area contributed by atoms with Crippen LogP contribution in [-0.2, 0) is 26.2 Å². The predicted molar refractivity (Wildman–Crippen MR) is 133 cm³/mol. The SMILES string of the molecule is CCC(C)NC(=O)C(C)N(Cc1c(Cl)cccc1Cl)C(=O)CN(c1ccccc1F)S(C)(=O)=O. The lowest BCUT2D eigenvalue weighted by molar-refractivity contribution is -0.139. The molecule has 7 nitrogen and oxygen atoms in total. The lowest BCUT2D eigenvalue weighted by atomic mass is 10.1. The topological polar surface area (TPSA) is 86.8 Å². The van der Waals surface area contributed by atoms with Crippen molar-refractivity contribution in [1.82, 2.24) is 10.2 Å². The lowest BCUT2D eigenvalue weighted by Gasteiger charge is -2.32. The maximum Gasteiger partial charge on any atom is 0.244 e. The molecular weight excluding hydrogens is 504 g/mol. The summed E-state index contributed by atoms with van der Waals surface area (Å²) in [5, 5.41) is 3.39. The smallest absolute Gasteiger partial charge is 0.244 e. The zero-order chi connectivity index (χ0) is 25.6. The normalized spacial score (nSPS) is 13.1. The summed E-state index contributed by atoms with van der Waals surface area (Å²) in [4.78, 5) is 27.5. The molecule has 2 rings (SSSR count). The molecule has 0 aliphatic rings. The van der Waals surface area contributed by atoms with Gasteiger partial charge in [0.1, 0.15) is 18.4 Å². The third kappa shape index (κ3) is 7.07. The summed E-state index contributed by atoms with van der Waals surface area (Å²) in [5.74, 6) is -1.96. The highest BCUT2D eigenvalue weighted by molar-refractivity contribution is 7.92. The van der Waals surface area contributed by atoms with Crippen molar-refractivity contribution in [2.24, 2.45) is 0 Å². The van der Waals surface area contributed by atoms with E-state index in [0.29, 0.717) is 16.3 Å². The first-order valence-electron chi connectivity index (χ1n) is 10.6. The van der Waals surface area contributed by atoms with E-state index in [9.17, 15) is 22.4 Å². The number of carbonyl (C=O) groups is 2. The number of amides is 2. The van der Waals surface area contributed by atoms with Crippen molar-refractivity contribution in [3.8, 4) is 0 Å². The number of benzene rings is 2. The number of nitrogens with one attached hydrogen (secondary N) is 1. The summed E-state index contributed by atoms with van der Waals surface area (Å²) in [7, 11) is -4.03. The van der Waals surface area contributed by atoms with Crippen molar-refractivity contribution in [1.29, 1.82) is 0 Å². The predicted octanol–water partition coefficient (Wildman–Crippen LogP) is 4.23. The molecular formula is C23H28Cl2FN3O4S. The Hall–Kier alpha value is -2.36. The van der Waals surface area contributed by atoms with Crippen LogP contribution in [0.4, 0.5) is 10.1 Å². The van der Waals surface area contributed by atoms with Gasteiger partial charge in [-0.3, -0.25) is 13.9 Å². The fourth-order valence-corrected chi connectivity index (χ4v) is 4.52. The number of hydrogen-bond acceptors (Lipinski definition) is 4. The van der Waals surface area contributed by atoms with Crippen molar-refractivity contribution in [2.75, 3.05) is 17.1 Å². The Bertz CT molecular complexity index is 1130. The molecule has 0 saturated heterocycles. The van der Waals surface area contributed by atoms with Gasteiger partial charge in [-0.1, -0.05) is 48.3 Å². The lowest BCUT2D eigenvalue weighted by Crippen LogP contribution is -2.52. The standard InChI is InChI=1S/C23H28Cl2FN3O4S/c1-5-15(2)27-23(31)16(3)28(13-17-18(24)9-8-10-19(17)25)22(30)14-29(34(4,32)33)21-12-7-6-11-20(21)26/h6-12,15-16H,5,13-14H2,1-4H3,(H,27,31). The van der Waals surface area contributed by atoms with Gasteiger partial charge in [-0.15, -0.1) is 0 Å². The van der Waals surface area contributed by atoms with E-state index < -0.39 is 40.2 Å². The van der Waals surface area contributed by atoms with E-state index in [1.54, 1.807) is 18.2 Å². The van der Waals surface area contributed by atoms with Crippen molar-refractivity contribution in [2.45, 2.75) is 45.8 Å². The molecule has 0 heterocycles. The number of para-hydroxylation sites is 1. The minimum absolute atomic E-state index is 0.137. The van der Waals surface area contributed by atoms with Gasteiger partial charge in [-0.2, -0.15) is 0 Å². The molecule has 0 radical (unpaired) electrons. The maximum atomic E-state index is 14.4. The highest BCUT2D eigenvalue weighted by atomic mass is 35.5. The number of carbonyl (C=O) groups excluding carboxylic acids is 2. The second-order valence-corrected chi connectivity index (χ2v) is 10.7. The molecule has 0 saturated carbocycles. The van der Waals surface area contributed by atoms with Gasteiger partial charge in [0.25, 0.3) is 0 Å². The Morgan fingerprint density at radius 3 is 2.18 bits per heavy atom. The van der Waals surface area contributed by atoms with Crippen molar-refractivity contribution < 1.29 is 22.4 Å². The zero-order valence-corrected chi connectivity index (χ0v) is 21.7. The second-order valence-electron chi connectivity index (χ2n) is 7.94. The molecule has 186 valence electrons. The molecule has 2 unspecified atom stereocenters. The molecule has 0 spiro atoms. The Kier molecular flexibility index (Phi) is 9.73. The molecule has 2 amide bonds. The van der Waals surface area contributed by atoms with Gasteiger partial charge >= 0.3 is 0 Å². The number of hydrogen-bond donors (Lipinski definition) is 1. The molecule has 0 bridgehead atoms. The third-order valence-corrected chi connectivity index (χ3v) is 7.19. The van der Waals surface area contributed by atoms with Crippen LogP contribution in [0, 0.1) is 5.82 Å². The van der Waals surface area contributed by atoms with E-state index in [2.05, 4.69) is 5.32 Å². The molecule has 0 aromatic heterocycles. The first-order valence-corrected chi connectivity index (χ1v) is 13.2. The monoisotopic (exact) mass is 531 g/mol. The van der Waals surface area contributed by atoms with Crippen LogP contribution in [0.5, 0.6) is 0 Å². The minimum Gasteiger partial charge on any atom is -0.352 e. The maximum absolute atomic E-state index is 14.4. The molecule has 11 heteroatoms. The fourth-order valence-electron chi connectivity index (χ4n) is 3.15. The molecule has 0 fully saturated rings. The van der Waals surface area contributed by atoms with Gasteiger partial charge in [0.15, 0.2) is 0 Å². The van der Waals surface area contributed by atoms with Gasteiger partial charge in [0.05, 0.1) is 11.9 Å². The fraction of sp³-hybridized carbons (Fsp3) is 0.391. The molecule has 0 aliphatic carbocycles. The van der Waals surface area contributed by atoms with Crippen molar-refractivity contribution in [3.63, 3.8) is 0 Å². The average molecular weight is 532 g/mol. The molecule has 2 aromatic rings. The largest absolute Gasteiger partial charge is 0.352 e. The number of sulfonamides is 1. The zero-order valence-electron chi connectivity index (χ0n) is 19.4. The summed E-state index contributed by atoms with van der Waals surface area (Å²) in [5.41, 5.74) is 0.130. The molecule has 0 aliphatic heterocycles. The van der Waals surface area contributed by atoms with Crippen LogP contribution in [0.25, 0.3) is 0 Å². The molecule has 2 atom stereocenters. The van der Waals surface area contributed by atoms with Crippen LogP contribution in [0.15, 0.2) is 42.5 Å². The summed E-state index contributed by atoms with van der Waals surface area (Å²) < 4.78 is 40.0. The van der Waals surface area contributed by atoms with Crippen LogP contribution in [-0.4, -0.2) is 50.0 Å². The summed E-state index contributed by atoms with van der Waals surface area (Å²) in [6.07, 6.45) is 1.55. The van der Waals surface area contributed by atoms with E-state index in [1.807, 2.05) is 13.8 Å². The van der Waals surface area contributed by atoms with E-state index in [1.165, 1.54) is 30.0 Å². The van der Waals surface area contributed by atoms with Crippen LogP contribution >= 0.6 is 23.2 Å². The number of rotatable bonds is 10. The summed E-state index contributed by atoms with van der Waals surface area (Å²) in [6, 6.07) is 8.94. The molecule has 2 aromatic carbocycles. The Morgan fingerprint density at radius 1 is 1.06 bits per heavy atom. The van der Waals surface area contributed by atoms with Gasteiger partial charge in [-0.05, 0) is 44.5 Å². The Morgan fingerprint density at radius 2 is 1.65 bits per heavy atom. The Labute approximate surface area is 209 Å². The first kappa shape index (κ1) is 27.9. The highest BCUT2D eigenvalue weighted by Gasteiger charge is 2.32. The first-order chi connectivity index (χ1) is 15.9. The number of halogens is 3. The summed E-state index contributed by atoms with van der Waals surface area (Å²) >= 11 is 12.6. The van der Waals surface area contributed by atoms with Crippen molar-refractivity contribution in [3.05, 3.63) is 63.9 Å². The average Bonchev–Trinajstić information content (AvgIpc) is 2.76. The van der Waals surface area contributed by atoms with Gasteiger partial charge < -0.3 is 10.2 Å². The van der Waals surface area contributed by atoms with Crippen LogP contribution in [0.3, 0.4) is 0 Å². The quantitative estimate of drug-likeness (QED) is 0.496. The van der Waals surface area contributed by atoms with Gasteiger partial charge in [0, 0.05) is 28.2 Å². The Balaban J connectivity index is 2.46. The van der Waals surface area contributed by atoms with Gasteiger partial charge in [0.2, 0.25) is 21.8 Å². The van der Waals surface area contributed by atoms with Crippen LogP contribution in [0.2, 0.25) is 10.0 Å². The second kappa shape index (κ2) is 11.9. The molecule has 34 heavy (non-hydrogen) atoms.